The first-order chi connectivity index (χ1) is 8.78. The fraction of sp³-hybridized carbons (Fsp3) is 0.143. The van der Waals surface area contributed by atoms with E-state index in [0.717, 1.165) is 11.3 Å². The van der Waals surface area contributed by atoms with Crippen LogP contribution >= 0.6 is 11.6 Å². The van der Waals surface area contributed by atoms with Crippen molar-refractivity contribution in [1.82, 2.24) is 10.2 Å². The summed E-state index contributed by atoms with van der Waals surface area (Å²) < 4.78 is 5.35. The molecule has 4 heteroatoms. The number of benzene rings is 1. The van der Waals surface area contributed by atoms with E-state index in [1.807, 2.05) is 31.2 Å². The third-order valence-corrected chi connectivity index (χ3v) is 2.33. The molecule has 0 unspecified atom stereocenters. The zero-order chi connectivity index (χ0) is 12.8. The van der Waals surface area contributed by atoms with E-state index in [4.69, 9.17) is 16.3 Å². The lowest BCUT2D eigenvalue weighted by molar-refractivity contribution is 0.340. The standard InChI is InChI=1S/C14H11ClN2O/c1-2-18-13-8-4-11(5-9-13)3-6-12-7-10-14(15)17-16-12/h4-5,7-10H,2H2,1H3. The Hall–Kier alpha value is -2.05. The van der Waals surface area contributed by atoms with Gasteiger partial charge in [0.1, 0.15) is 11.4 Å². The van der Waals surface area contributed by atoms with Gasteiger partial charge in [0.2, 0.25) is 0 Å². The highest BCUT2D eigenvalue weighted by atomic mass is 35.5. The van der Waals surface area contributed by atoms with Gasteiger partial charge in [0.25, 0.3) is 0 Å². The van der Waals surface area contributed by atoms with Crippen LogP contribution in [0.25, 0.3) is 0 Å². The van der Waals surface area contributed by atoms with Crippen LogP contribution in [0, 0.1) is 11.8 Å². The third kappa shape index (κ3) is 3.47. The van der Waals surface area contributed by atoms with E-state index < -0.39 is 0 Å². The summed E-state index contributed by atoms with van der Waals surface area (Å²) in [4.78, 5) is 0. The van der Waals surface area contributed by atoms with Gasteiger partial charge in [-0.05, 0) is 49.2 Å². The second-order valence-electron chi connectivity index (χ2n) is 3.45. The largest absolute Gasteiger partial charge is 0.494 e. The Kier molecular flexibility index (Phi) is 4.16. The average molecular weight is 259 g/mol. The van der Waals surface area contributed by atoms with Crippen LogP contribution in [-0.2, 0) is 0 Å². The zero-order valence-corrected chi connectivity index (χ0v) is 10.6. The summed E-state index contributed by atoms with van der Waals surface area (Å²) in [5.74, 6) is 6.76. The smallest absolute Gasteiger partial charge is 0.151 e. The SMILES string of the molecule is CCOc1ccc(C#Cc2ccc(Cl)nn2)cc1. The molecular formula is C14H11ClN2O. The van der Waals surface area contributed by atoms with E-state index in [2.05, 4.69) is 22.0 Å². The van der Waals surface area contributed by atoms with Crippen molar-refractivity contribution in [3.05, 3.63) is 52.8 Å². The van der Waals surface area contributed by atoms with E-state index in [1.54, 1.807) is 12.1 Å². The van der Waals surface area contributed by atoms with Gasteiger partial charge in [0.15, 0.2) is 5.15 Å². The summed E-state index contributed by atoms with van der Waals surface area (Å²) in [6.07, 6.45) is 0. The number of nitrogens with zero attached hydrogens (tertiary/aromatic N) is 2. The van der Waals surface area contributed by atoms with Gasteiger partial charge in [0.05, 0.1) is 6.61 Å². The number of rotatable bonds is 2. The first kappa shape index (κ1) is 12.4. The van der Waals surface area contributed by atoms with Crippen LogP contribution in [0.1, 0.15) is 18.2 Å². The maximum atomic E-state index is 5.64. The molecule has 0 bridgehead atoms. The highest BCUT2D eigenvalue weighted by Crippen LogP contribution is 2.11. The molecule has 1 heterocycles. The minimum absolute atomic E-state index is 0.363. The summed E-state index contributed by atoms with van der Waals surface area (Å²) in [7, 11) is 0. The van der Waals surface area contributed by atoms with E-state index in [-0.39, 0.29) is 0 Å². The molecule has 2 rings (SSSR count). The molecule has 0 aliphatic heterocycles. The fourth-order valence-corrected chi connectivity index (χ4v) is 1.42. The van der Waals surface area contributed by atoms with Crippen LogP contribution in [0.4, 0.5) is 0 Å². The van der Waals surface area contributed by atoms with Crippen LogP contribution < -0.4 is 4.74 Å². The van der Waals surface area contributed by atoms with Crippen LogP contribution in [0.5, 0.6) is 5.75 Å². The minimum atomic E-state index is 0.363. The van der Waals surface area contributed by atoms with Crippen LogP contribution in [0.15, 0.2) is 36.4 Å². The molecule has 0 fully saturated rings. The first-order valence-corrected chi connectivity index (χ1v) is 5.90. The van der Waals surface area contributed by atoms with E-state index in [9.17, 15) is 0 Å². The molecule has 18 heavy (non-hydrogen) atoms. The Bertz CT molecular complexity index is 567. The maximum absolute atomic E-state index is 5.64. The predicted octanol–water partition coefficient (Wildman–Crippen LogP) is 2.93. The van der Waals surface area contributed by atoms with Crippen molar-refractivity contribution in [2.75, 3.05) is 6.61 Å². The molecule has 0 amide bonds. The van der Waals surface area contributed by atoms with Gasteiger partial charge in [-0.25, -0.2) is 0 Å². The second-order valence-corrected chi connectivity index (χ2v) is 3.84. The number of ether oxygens (including phenoxy) is 1. The molecule has 0 saturated carbocycles. The normalized spacial score (nSPS) is 9.44. The Morgan fingerprint density at radius 2 is 1.83 bits per heavy atom. The summed E-state index contributed by atoms with van der Waals surface area (Å²) in [6.45, 7) is 2.61. The van der Waals surface area contributed by atoms with Gasteiger partial charge in [-0.15, -0.1) is 10.2 Å². The predicted molar refractivity (Wildman–Crippen MR) is 70.6 cm³/mol. The molecule has 0 atom stereocenters. The van der Waals surface area contributed by atoms with Crippen molar-refractivity contribution in [1.29, 1.82) is 0 Å². The van der Waals surface area contributed by atoms with Crippen molar-refractivity contribution in [2.45, 2.75) is 6.92 Å². The lowest BCUT2D eigenvalue weighted by Crippen LogP contribution is -1.90. The van der Waals surface area contributed by atoms with Crippen LogP contribution in [-0.4, -0.2) is 16.8 Å². The average Bonchev–Trinajstić information content (AvgIpc) is 2.40. The van der Waals surface area contributed by atoms with Gasteiger partial charge in [0, 0.05) is 5.56 Å². The topological polar surface area (TPSA) is 35.0 Å². The monoisotopic (exact) mass is 258 g/mol. The number of aromatic nitrogens is 2. The fourth-order valence-electron chi connectivity index (χ4n) is 1.32. The minimum Gasteiger partial charge on any atom is -0.494 e. The summed E-state index contributed by atoms with van der Waals surface area (Å²) in [6, 6.07) is 11.0. The Morgan fingerprint density at radius 3 is 2.44 bits per heavy atom. The molecule has 0 aliphatic rings. The van der Waals surface area contributed by atoms with Crippen molar-refractivity contribution < 1.29 is 4.74 Å². The van der Waals surface area contributed by atoms with Crippen molar-refractivity contribution in [3.63, 3.8) is 0 Å². The van der Waals surface area contributed by atoms with Gasteiger partial charge in [-0.1, -0.05) is 17.5 Å². The highest BCUT2D eigenvalue weighted by Gasteiger charge is 1.93. The van der Waals surface area contributed by atoms with Gasteiger partial charge in [-0.2, -0.15) is 0 Å². The Labute approximate surface area is 111 Å². The molecule has 0 spiro atoms. The molecule has 2 aromatic rings. The van der Waals surface area contributed by atoms with Crippen molar-refractivity contribution in [3.8, 4) is 17.6 Å². The first-order valence-electron chi connectivity index (χ1n) is 5.52. The highest BCUT2D eigenvalue weighted by molar-refractivity contribution is 6.29. The van der Waals surface area contributed by atoms with Crippen LogP contribution in [0.2, 0.25) is 5.15 Å². The quantitative estimate of drug-likeness (QED) is 0.777. The molecule has 0 radical (unpaired) electrons. The molecule has 90 valence electrons. The molecule has 3 nitrogen and oxygen atoms in total. The number of halogens is 1. The van der Waals surface area contributed by atoms with E-state index in [0.29, 0.717) is 17.5 Å². The van der Waals surface area contributed by atoms with E-state index >= 15 is 0 Å². The Morgan fingerprint density at radius 1 is 1.06 bits per heavy atom. The van der Waals surface area contributed by atoms with Crippen molar-refractivity contribution in [2.24, 2.45) is 0 Å². The van der Waals surface area contributed by atoms with E-state index in [1.165, 1.54) is 0 Å². The van der Waals surface area contributed by atoms with Gasteiger partial charge >= 0.3 is 0 Å². The number of hydrogen-bond acceptors (Lipinski definition) is 3. The van der Waals surface area contributed by atoms with Gasteiger partial charge in [-0.3, -0.25) is 0 Å². The summed E-state index contributed by atoms with van der Waals surface area (Å²) in [5.41, 5.74) is 1.49. The summed E-state index contributed by atoms with van der Waals surface area (Å²) >= 11 is 5.64. The van der Waals surface area contributed by atoms with Gasteiger partial charge < -0.3 is 4.74 Å². The molecule has 0 aliphatic carbocycles. The second kappa shape index (κ2) is 6.04. The lowest BCUT2D eigenvalue weighted by atomic mass is 10.2. The summed E-state index contributed by atoms with van der Waals surface area (Å²) in [5, 5.41) is 7.95. The maximum Gasteiger partial charge on any atom is 0.151 e. The molecule has 0 N–H and O–H groups in total. The zero-order valence-electron chi connectivity index (χ0n) is 9.85. The lowest BCUT2D eigenvalue weighted by Gasteiger charge is -2.01. The number of hydrogen-bond donors (Lipinski definition) is 0. The Balaban J connectivity index is 2.12. The van der Waals surface area contributed by atoms with Crippen molar-refractivity contribution >= 4 is 11.6 Å². The molecule has 0 saturated heterocycles. The third-order valence-electron chi connectivity index (χ3n) is 2.13. The molecular weight excluding hydrogens is 248 g/mol. The molecule has 1 aromatic heterocycles. The molecule has 1 aromatic carbocycles. The van der Waals surface area contributed by atoms with Crippen LogP contribution in [0.3, 0.4) is 0 Å².